The number of amides is 2. The molecule has 1 aliphatic rings. The van der Waals surface area contributed by atoms with E-state index in [9.17, 15) is 18.0 Å². The fourth-order valence-electron chi connectivity index (χ4n) is 3.99. The molecule has 1 unspecified atom stereocenters. The van der Waals surface area contributed by atoms with Crippen molar-refractivity contribution in [2.75, 3.05) is 14.1 Å². The van der Waals surface area contributed by atoms with Crippen molar-refractivity contribution in [1.29, 1.82) is 0 Å². The molecule has 9 heteroatoms. The lowest BCUT2D eigenvalue weighted by molar-refractivity contribution is -0.124. The summed E-state index contributed by atoms with van der Waals surface area (Å²) in [5.41, 5.74) is 1.40. The molecule has 0 fully saturated rings. The first kappa shape index (κ1) is 22.0. The number of fused-ring (bicyclic) bond motifs is 5. The Balaban J connectivity index is 2.17. The van der Waals surface area contributed by atoms with Crippen molar-refractivity contribution in [2.45, 2.75) is 32.4 Å². The van der Waals surface area contributed by atoms with Gasteiger partial charge in [0, 0.05) is 41.7 Å². The van der Waals surface area contributed by atoms with Crippen molar-refractivity contribution < 1.29 is 18.0 Å². The van der Waals surface area contributed by atoms with Crippen LogP contribution < -0.4 is 10.6 Å². The molecular weight excluding hydrogens is 428 g/mol. The van der Waals surface area contributed by atoms with Gasteiger partial charge in [-0.05, 0) is 32.9 Å². The highest BCUT2D eigenvalue weighted by Crippen LogP contribution is 2.42. The van der Waals surface area contributed by atoms with Gasteiger partial charge in [0.2, 0.25) is 5.91 Å². The number of carbonyl (C=O) groups excluding carboxylic acids is 2. The molecule has 1 aromatic heterocycles. The second-order valence-electron chi connectivity index (χ2n) is 9.03. The van der Waals surface area contributed by atoms with Gasteiger partial charge < -0.3 is 10.6 Å². The summed E-state index contributed by atoms with van der Waals surface area (Å²) in [4.78, 5) is 26.5. The zero-order valence-corrected chi connectivity index (χ0v) is 19.4. The number of aromatic nitrogens is 1. The van der Waals surface area contributed by atoms with E-state index in [1.54, 1.807) is 48.5 Å². The highest BCUT2D eigenvalue weighted by atomic mass is 32.2. The van der Waals surface area contributed by atoms with E-state index in [0.29, 0.717) is 33.3 Å². The van der Waals surface area contributed by atoms with Crippen LogP contribution in [0.5, 0.6) is 0 Å². The Kier molecular flexibility index (Phi) is 5.14. The summed E-state index contributed by atoms with van der Waals surface area (Å²) in [6.45, 7) is 5.54. The van der Waals surface area contributed by atoms with E-state index >= 15 is 0 Å². The number of nitrogens with one attached hydrogen (secondary N) is 2. The molecule has 8 nitrogen and oxygen atoms in total. The molecule has 168 valence electrons. The molecule has 0 bridgehead atoms. The van der Waals surface area contributed by atoms with Crippen LogP contribution in [-0.4, -0.2) is 48.1 Å². The van der Waals surface area contributed by atoms with Crippen LogP contribution in [0.3, 0.4) is 0 Å². The van der Waals surface area contributed by atoms with Gasteiger partial charge in [0.25, 0.3) is 5.91 Å². The minimum absolute atomic E-state index is 0.304. The third-order valence-corrected chi connectivity index (χ3v) is 7.08. The van der Waals surface area contributed by atoms with E-state index < -0.39 is 33.6 Å². The van der Waals surface area contributed by atoms with Crippen LogP contribution in [0.2, 0.25) is 0 Å². The van der Waals surface area contributed by atoms with Gasteiger partial charge in [0.15, 0.2) is 0 Å². The molecule has 4 rings (SSSR count). The van der Waals surface area contributed by atoms with E-state index in [4.69, 9.17) is 0 Å². The molecule has 2 amide bonds. The predicted molar refractivity (Wildman–Crippen MR) is 123 cm³/mol. The summed E-state index contributed by atoms with van der Waals surface area (Å²) >= 11 is 0. The lowest BCUT2D eigenvalue weighted by Gasteiger charge is -2.25. The smallest absolute Gasteiger partial charge is 0.308 e. The zero-order valence-electron chi connectivity index (χ0n) is 18.6. The van der Waals surface area contributed by atoms with Gasteiger partial charge in [-0.2, -0.15) is 12.7 Å². The molecule has 0 spiro atoms. The third kappa shape index (κ3) is 3.47. The minimum Gasteiger partial charge on any atom is -0.349 e. The largest absolute Gasteiger partial charge is 0.349 e. The molecule has 0 aliphatic carbocycles. The highest BCUT2D eigenvalue weighted by Gasteiger charge is 2.39. The number of hydrogen-bond acceptors (Lipinski definition) is 4. The Morgan fingerprint density at radius 3 is 2.25 bits per heavy atom. The van der Waals surface area contributed by atoms with Crippen molar-refractivity contribution in [3.63, 3.8) is 0 Å². The fourth-order valence-corrected chi connectivity index (χ4v) is 5.15. The number of benzene rings is 2. The van der Waals surface area contributed by atoms with Crippen molar-refractivity contribution in [2.24, 2.45) is 0 Å². The van der Waals surface area contributed by atoms with Gasteiger partial charge in [0.1, 0.15) is 6.04 Å². The zero-order chi connectivity index (χ0) is 23.4. The molecule has 1 atom stereocenters. The molecule has 3 aromatic rings. The van der Waals surface area contributed by atoms with Gasteiger partial charge in [-0.25, -0.2) is 3.97 Å². The number of carbonyl (C=O) groups is 2. The van der Waals surface area contributed by atoms with Crippen LogP contribution in [-0.2, 0) is 15.0 Å². The Hall–Kier alpha value is -3.17. The summed E-state index contributed by atoms with van der Waals surface area (Å²) < 4.78 is 29.3. The summed E-state index contributed by atoms with van der Waals surface area (Å²) in [6, 6.07) is 12.7. The fraction of sp³-hybridized carbons (Fsp3) is 0.304. The van der Waals surface area contributed by atoms with Gasteiger partial charge in [-0.3, -0.25) is 9.59 Å². The monoisotopic (exact) mass is 454 g/mol. The van der Waals surface area contributed by atoms with Crippen LogP contribution in [0.4, 0.5) is 0 Å². The van der Waals surface area contributed by atoms with Crippen molar-refractivity contribution in [3.8, 4) is 11.3 Å². The molecule has 0 saturated carbocycles. The molecule has 2 N–H and O–H groups in total. The molecule has 0 radical (unpaired) electrons. The maximum Gasteiger partial charge on any atom is 0.308 e. The van der Waals surface area contributed by atoms with Crippen molar-refractivity contribution in [3.05, 3.63) is 59.7 Å². The molecule has 1 aliphatic heterocycles. The van der Waals surface area contributed by atoms with Crippen LogP contribution in [0.1, 0.15) is 42.7 Å². The average Bonchev–Trinajstić information content (AvgIpc) is 2.99. The van der Waals surface area contributed by atoms with Crippen LogP contribution in [0.15, 0.2) is 48.5 Å². The maximum absolute atomic E-state index is 13.5. The van der Waals surface area contributed by atoms with Gasteiger partial charge in [-0.1, -0.05) is 36.4 Å². The first-order valence-electron chi connectivity index (χ1n) is 10.2. The Labute approximate surface area is 187 Å². The van der Waals surface area contributed by atoms with Crippen molar-refractivity contribution >= 4 is 32.9 Å². The van der Waals surface area contributed by atoms with E-state index in [1.165, 1.54) is 18.1 Å². The third-order valence-electron chi connectivity index (χ3n) is 5.31. The normalized spacial score (nSPS) is 16.3. The van der Waals surface area contributed by atoms with Gasteiger partial charge in [-0.15, -0.1) is 0 Å². The molecule has 0 saturated heterocycles. The van der Waals surface area contributed by atoms with E-state index in [0.717, 1.165) is 4.31 Å². The number of nitrogens with zero attached hydrogens (tertiary/aromatic N) is 2. The summed E-state index contributed by atoms with van der Waals surface area (Å²) in [5, 5.41) is 6.33. The highest BCUT2D eigenvalue weighted by molar-refractivity contribution is 7.87. The Bertz CT molecular complexity index is 1350. The Morgan fingerprint density at radius 1 is 1.03 bits per heavy atom. The van der Waals surface area contributed by atoms with E-state index in [2.05, 4.69) is 10.6 Å². The number of para-hydroxylation sites is 1. The molecule has 32 heavy (non-hydrogen) atoms. The summed E-state index contributed by atoms with van der Waals surface area (Å²) in [6.07, 6.45) is 0. The summed E-state index contributed by atoms with van der Waals surface area (Å²) in [7, 11) is -1.08. The second-order valence-corrected chi connectivity index (χ2v) is 11.0. The quantitative estimate of drug-likeness (QED) is 0.635. The molecular formula is C23H26N4O4S. The van der Waals surface area contributed by atoms with E-state index in [1.807, 2.05) is 20.8 Å². The van der Waals surface area contributed by atoms with E-state index in [-0.39, 0.29) is 0 Å². The maximum atomic E-state index is 13.5. The van der Waals surface area contributed by atoms with Crippen LogP contribution in [0, 0.1) is 0 Å². The Morgan fingerprint density at radius 2 is 1.62 bits per heavy atom. The van der Waals surface area contributed by atoms with Crippen LogP contribution >= 0.6 is 0 Å². The average molecular weight is 455 g/mol. The molecule has 2 heterocycles. The SMILES string of the molecule is CN(C)S(=O)(=O)n1c2c(c3ccccc31)C(C(=O)NC(C)(C)C)NC(=O)c1ccccc1-2. The van der Waals surface area contributed by atoms with Crippen LogP contribution in [0.25, 0.3) is 22.2 Å². The predicted octanol–water partition coefficient (Wildman–Crippen LogP) is 2.66. The number of hydrogen-bond donors (Lipinski definition) is 2. The van der Waals surface area contributed by atoms with Crippen molar-refractivity contribution in [1.82, 2.24) is 18.9 Å². The number of rotatable bonds is 3. The first-order chi connectivity index (χ1) is 14.9. The standard InChI is InChI=1S/C23H26N4O4S/c1-23(2,3)25-22(29)19-18-16-12-8-9-13-17(16)27(32(30,31)26(4)5)20(18)14-10-6-7-11-15(14)21(28)24-19/h6-13,19H,1-5H3,(H,24,28)(H,25,29). The van der Waals surface area contributed by atoms with Gasteiger partial charge in [0.05, 0.1) is 11.2 Å². The minimum atomic E-state index is -3.98. The second kappa shape index (κ2) is 7.46. The lowest BCUT2D eigenvalue weighted by Crippen LogP contribution is -2.47. The van der Waals surface area contributed by atoms with Gasteiger partial charge >= 0.3 is 10.2 Å². The first-order valence-corrected chi connectivity index (χ1v) is 11.6. The lowest BCUT2D eigenvalue weighted by atomic mass is 9.97. The molecule has 2 aromatic carbocycles. The topological polar surface area (TPSA) is 101 Å². The summed E-state index contributed by atoms with van der Waals surface area (Å²) in [5.74, 6) is -0.853.